The third-order valence-corrected chi connectivity index (χ3v) is 7.14. The second-order valence-electron chi connectivity index (χ2n) is 8.33. The summed E-state index contributed by atoms with van der Waals surface area (Å²) >= 11 is 2.40. The Bertz CT molecular complexity index is 364. The van der Waals surface area contributed by atoms with Crippen molar-refractivity contribution in [2.75, 3.05) is 47.3 Å². The van der Waals surface area contributed by atoms with Gasteiger partial charge >= 0.3 is 163 Å². The van der Waals surface area contributed by atoms with Gasteiger partial charge in [-0.05, 0) is 0 Å². The second kappa shape index (κ2) is 16.2. The average Bonchev–Trinajstić information content (AvgIpc) is 2.53. The van der Waals surface area contributed by atoms with E-state index in [1.165, 1.54) is 45.3 Å². The predicted octanol–water partition coefficient (Wildman–Crippen LogP) is -6.61. The molecule has 4 unspecified atom stereocenters. The van der Waals surface area contributed by atoms with E-state index in [9.17, 15) is 0 Å². The van der Waals surface area contributed by atoms with Gasteiger partial charge in [0, 0.05) is 0 Å². The Hall–Kier alpha value is 1.42. The fraction of sp³-hybridized carbons (Fsp3) is 1.00. The summed E-state index contributed by atoms with van der Waals surface area (Å²) in [5, 5.41) is 3.71. The van der Waals surface area contributed by atoms with Crippen LogP contribution in [0.4, 0.5) is 0 Å². The van der Waals surface area contributed by atoms with Crippen LogP contribution in [-0.2, 0) is 20.4 Å². The van der Waals surface area contributed by atoms with E-state index < -0.39 is 0 Å². The number of nitrogens with one attached hydrogen (secondary N) is 1. The first-order valence-corrected chi connectivity index (χ1v) is 10.5. The molecular formula is C19H41Cl3N4Ti. The van der Waals surface area contributed by atoms with Gasteiger partial charge in [-0.1, -0.05) is 0 Å². The molecule has 1 saturated heterocycles. The number of rotatable bonds is 0. The van der Waals surface area contributed by atoms with Crippen molar-refractivity contribution in [1.82, 2.24) is 20.0 Å². The quantitative estimate of drug-likeness (QED) is 0.349. The molecule has 8 heteroatoms. The zero-order chi connectivity index (χ0) is 18.3. The monoisotopic (exact) mass is 478 g/mol. The van der Waals surface area contributed by atoms with Crippen LogP contribution in [0.15, 0.2) is 0 Å². The molecule has 1 N–H and O–H groups in total. The smallest absolute Gasteiger partial charge is 1.00 e. The first-order chi connectivity index (χ1) is 11.1. The zero-order valence-corrected chi connectivity index (χ0v) is 22.2. The third kappa shape index (κ3) is 12.7. The van der Waals surface area contributed by atoms with Crippen molar-refractivity contribution in [3.8, 4) is 0 Å². The number of hydrogen-bond acceptors (Lipinski definition) is 4. The van der Waals surface area contributed by atoms with Gasteiger partial charge in [0.15, 0.2) is 0 Å². The van der Waals surface area contributed by atoms with Crippen molar-refractivity contribution in [3.05, 3.63) is 0 Å². The summed E-state index contributed by atoms with van der Waals surface area (Å²) in [4.78, 5) is 7.62. The van der Waals surface area contributed by atoms with Crippen LogP contribution in [0, 0.1) is 0 Å². The molecule has 0 radical (unpaired) electrons. The van der Waals surface area contributed by atoms with Crippen LogP contribution in [-0.4, -0.2) is 84.0 Å². The van der Waals surface area contributed by atoms with Crippen LogP contribution in [0.3, 0.4) is 0 Å². The minimum atomic E-state index is 0. The van der Waals surface area contributed by atoms with Gasteiger partial charge < -0.3 is 37.2 Å². The van der Waals surface area contributed by atoms with Gasteiger partial charge in [-0.3, -0.25) is 0 Å². The molecule has 1 aliphatic heterocycles. The van der Waals surface area contributed by atoms with Gasteiger partial charge in [-0.15, -0.1) is 0 Å². The second-order valence-corrected chi connectivity index (χ2v) is 10.0. The number of nitrogens with zero attached hydrogens (tertiary/aromatic N) is 3. The van der Waals surface area contributed by atoms with Crippen LogP contribution in [0.5, 0.6) is 0 Å². The van der Waals surface area contributed by atoms with Gasteiger partial charge in [0.25, 0.3) is 0 Å². The summed E-state index contributed by atoms with van der Waals surface area (Å²) in [6.07, 6.45) is 4.92. The maximum Gasteiger partial charge on any atom is -1.00 e. The van der Waals surface area contributed by atoms with Gasteiger partial charge in [0.2, 0.25) is 0 Å². The van der Waals surface area contributed by atoms with Crippen molar-refractivity contribution >= 4 is 0 Å². The maximum absolute atomic E-state index is 3.71. The molecule has 1 fully saturated rings. The SMILES string of the molecule is CC1CCN(C)C(C)CCN(C)[C](C)([Ti+3])CCN(C)C(C)CCN1.[Cl-].[Cl-].[Cl-]. The molecule has 1 rings (SSSR count). The average molecular weight is 480 g/mol. The van der Waals surface area contributed by atoms with E-state index in [1.54, 1.807) is 0 Å². The third-order valence-electron chi connectivity index (χ3n) is 6.15. The molecule has 0 spiro atoms. The van der Waals surface area contributed by atoms with E-state index >= 15 is 0 Å². The Kier molecular flexibility index (Phi) is 19.8. The van der Waals surface area contributed by atoms with Crippen LogP contribution in [0.25, 0.3) is 0 Å². The van der Waals surface area contributed by atoms with Crippen LogP contribution >= 0.6 is 0 Å². The minimum Gasteiger partial charge on any atom is -1.00 e. The molecule has 27 heavy (non-hydrogen) atoms. The van der Waals surface area contributed by atoms with Crippen molar-refractivity contribution in [2.24, 2.45) is 0 Å². The molecule has 4 atom stereocenters. The van der Waals surface area contributed by atoms with E-state index in [-0.39, 0.29) is 41.1 Å². The largest absolute Gasteiger partial charge is 1.00 e. The maximum atomic E-state index is 3.71. The Morgan fingerprint density at radius 2 is 1.33 bits per heavy atom. The van der Waals surface area contributed by atoms with Crippen LogP contribution in [0.1, 0.15) is 53.4 Å². The molecule has 0 aromatic heterocycles. The van der Waals surface area contributed by atoms with E-state index in [0.717, 1.165) is 6.54 Å². The van der Waals surface area contributed by atoms with Gasteiger partial charge in [-0.2, -0.15) is 0 Å². The molecule has 1 heterocycles. The minimum absolute atomic E-state index is 0. The van der Waals surface area contributed by atoms with Gasteiger partial charge in [-0.25, -0.2) is 0 Å². The van der Waals surface area contributed by atoms with Crippen molar-refractivity contribution in [2.45, 2.75) is 75.3 Å². The topological polar surface area (TPSA) is 21.8 Å². The van der Waals surface area contributed by atoms with Gasteiger partial charge in [0.05, 0.1) is 0 Å². The summed E-state index contributed by atoms with van der Waals surface area (Å²) in [6, 6.07) is 1.89. The molecule has 4 nitrogen and oxygen atoms in total. The fourth-order valence-electron chi connectivity index (χ4n) is 3.13. The van der Waals surface area contributed by atoms with Gasteiger partial charge in [0.1, 0.15) is 0 Å². The summed E-state index contributed by atoms with van der Waals surface area (Å²) in [6.45, 7) is 14.1. The molecule has 0 bridgehead atoms. The molecule has 0 aliphatic carbocycles. The van der Waals surface area contributed by atoms with E-state index in [2.05, 4.69) is 89.3 Å². The molecule has 0 aromatic carbocycles. The molecular weight excluding hydrogens is 438 g/mol. The van der Waals surface area contributed by atoms with Crippen LogP contribution in [0.2, 0.25) is 0 Å². The Morgan fingerprint density at radius 1 is 0.815 bits per heavy atom. The Morgan fingerprint density at radius 3 is 1.93 bits per heavy atom. The van der Waals surface area contributed by atoms with Crippen molar-refractivity contribution < 1.29 is 57.7 Å². The van der Waals surface area contributed by atoms with Crippen molar-refractivity contribution in [3.63, 3.8) is 0 Å². The first kappa shape index (κ1) is 33.1. The number of hydrogen-bond donors (Lipinski definition) is 1. The molecule has 162 valence electrons. The molecule has 0 saturated carbocycles. The van der Waals surface area contributed by atoms with E-state index in [4.69, 9.17) is 0 Å². The zero-order valence-electron chi connectivity index (χ0n) is 18.4. The summed E-state index contributed by atoms with van der Waals surface area (Å²) in [5.41, 5.74) is 0. The molecule has 0 amide bonds. The summed E-state index contributed by atoms with van der Waals surface area (Å²) in [7, 11) is 6.86. The Balaban J connectivity index is -0.00000192. The first-order valence-electron chi connectivity index (χ1n) is 9.73. The fourth-order valence-corrected chi connectivity index (χ4v) is 3.48. The normalized spacial score (nSPS) is 34.0. The Labute approximate surface area is 199 Å². The summed E-state index contributed by atoms with van der Waals surface area (Å²) in [5.74, 6) is 0. The van der Waals surface area contributed by atoms with Crippen molar-refractivity contribution in [1.29, 1.82) is 0 Å². The standard InChI is InChI=1S/C19H41N4.3ClH.Ti/c1-16-9-13-21(5)18(3)11-15-23(7)19(4)10-14-22(6)17(2)8-12-20-16;;;;/h16-18,20H,8-15H2,1-7H3;3*1H;/q;;;;+3/p-3. The van der Waals surface area contributed by atoms with E-state index in [0.29, 0.717) is 18.1 Å². The van der Waals surface area contributed by atoms with Crippen LogP contribution < -0.4 is 42.5 Å². The molecule has 1 aliphatic rings. The number of halogens is 3. The summed E-state index contributed by atoms with van der Waals surface area (Å²) < 4.78 is 0.260. The van der Waals surface area contributed by atoms with E-state index in [1.807, 2.05) is 0 Å². The molecule has 0 aromatic rings. The predicted molar refractivity (Wildman–Crippen MR) is 101 cm³/mol.